The molecule has 3 nitrogen and oxygen atoms in total. The van der Waals surface area contributed by atoms with E-state index in [0.717, 1.165) is 19.8 Å². The Balaban J connectivity index is 2.23. The largest absolute Gasteiger partial charge is 0.379 e. The molecule has 3 heteroatoms. The molecule has 0 aromatic carbocycles. The Kier molecular flexibility index (Phi) is 1.88. The van der Waals surface area contributed by atoms with Crippen LogP contribution in [0.3, 0.4) is 0 Å². The minimum atomic E-state index is 0.309. The first-order valence-electron chi connectivity index (χ1n) is 4.92. The summed E-state index contributed by atoms with van der Waals surface area (Å²) in [4.78, 5) is 2.19. The van der Waals surface area contributed by atoms with Crippen LogP contribution in [-0.2, 0) is 4.74 Å². The molecular formula is C10H18N2O. The minimum absolute atomic E-state index is 0.309. The van der Waals surface area contributed by atoms with Gasteiger partial charge in [0.25, 0.3) is 0 Å². The van der Waals surface area contributed by atoms with Crippen molar-refractivity contribution in [2.75, 3.05) is 19.8 Å². The molecule has 2 aliphatic heterocycles. The Labute approximate surface area is 79.6 Å². The van der Waals surface area contributed by atoms with Crippen LogP contribution in [0.2, 0.25) is 0 Å². The lowest BCUT2D eigenvalue weighted by molar-refractivity contribution is 0.135. The predicted molar refractivity (Wildman–Crippen MR) is 52.0 cm³/mol. The summed E-state index contributed by atoms with van der Waals surface area (Å²) in [5.74, 6) is 1.30. The summed E-state index contributed by atoms with van der Waals surface area (Å²) in [6, 6.07) is 0.465. The van der Waals surface area contributed by atoms with Crippen molar-refractivity contribution in [3.8, 4) is 0 Å². The van der Waals surface area contributed by atoms with Gasteiger partial charge in [-0.3, -0.25) is 5.41 Å². The van der Waals surface area contributed by atoms with Crippen molar-refractivity contribution < 1.29 is 4.74 Å². The van der Waals surface area contributed by atoms with Crippen molar-refractivity contribution in [1.82, 2.24) is 4.90 Å². The fraction of sp³-hybridized carbons (Fsp3) is 0.900. The number of hydrogen-bond donors (Lipinski definition) is 1. The normalized spacial score (nSPS) is 36.4. The Morgan fingerprint density at radius 2 is 2.15 bits per heavy atom. The molecule has 74 valence electrons. The summed E-state index contributed by atoms with van der Waals surface area (Å²) in [5, 5.41) is 7.69. The van der Waals surface area contributed by atoms with Crippen molar-refractivity contribution in [1.29, 1.82) is 5.41 Å². The number of fused-ring (bicyclic) bond motifs is 1. The first-order chi connectivity index (χ1) is 6.02. The Bertz CT molecular complexity index is 237. The smallest absolute Gasteiger partial charge is 0.0929 e. The van der Waals surface area contributed by atoms with Crippen LogP contribution in [0.15, 0.2) is 0 Å². The zero-order chi connectivity index (χ0) is 9.64. The van der Waals surface area contributed by atoms with Gasteiger partial charge in [-0.1, -0.05) is 13.8 Å². The lowest BCUT2D eigenvalue weighted by Crippen LogP contribution is -2.36. The second-order valence-electron chi connectivity index (χ2n) is 4.91. The summed E-state index contributed by atoms with van der Waals surface area (Å²) in [6.45, 7) is 9.13. The number of nitrogens with zero attached hydrogens (tertiary/aromatic N) is 1. The van der Waals surface area contributed by atoms with Gasteiger partial charge in [0.05, 0.1) is 25.1 Å². The van der Waals surface area contributed by atoms with Crippen molar-refractivity contribution in [3.05, 3.63) is 0 Å². The van der Waals surface area contributed by atoms with Gasteiger partial charge in [0.15, 0.2) is 0 Å². The monoisotopic (exact) mass is 182 g/mol. The van der Waals surface area contributed by atoms with Crippen molar-refractivity contribution >= 4 is 5.84 Å². The average molecular weight is 182 g/mol. The second-order valence-corrected chi connectivity index (χ2v) is 4.91. The molecule has 2 fully saturated rings. The molecule has 2 heterocycles. The van der Waals surface area contributed by atoms with Gasteiger partial charge >= 0.3 is 0 Å². The Morgan fingerprint density at radius 1 is 1.46 bits per heavy atom. The average Bonchev–Trinajstić information content (AvgIpc) is 2.53. The number of nitrogens with one attached hydrogen (secondary N) is 1. The van der Waals surface area contributed by atoms with Crippen LogP contribution < -0.4 is 0 Å². The molecule has 2 saturated heterocycles. The molecule has 0 amide bonds. The van der Waals surface area contributed by atoms with E-state index >= 15 is 0 Å². The lowest BCUT2D eigenvalue weighted by Gasteiger charge is -2.24. The third-order valence-electron chi connectivity index (χ3n) is 3.46. The van der Waals surface area contributed by atoms with E-state index in [9.17, 15) is 0 Å². The molecule has 2 unspecified atom stereocenters. The highest BCUT2D eigenvalue weighted by Gasteiger charge is 2.49. The third-order valence-corrected chi connectivity index (χ3v) is 3.46. The first kappa shape index (κ1) is 9.00. The summed E-state index contributed by atoms with van der Waals surface area (Å²) in [5.41, 5.74) is 0.309. The van der Waals surface area contributed by atoms with Gasteiger partial charge in [0.2, 0.25) is 0 Å². The lowest BCUT2D eigenvalue weighted by atomic mass is 9.80. The van der Waals surface area contributed by atoms with E-state index in [0.29, 0.717) is 23.2 Å². The summed E-state index contributed by atoms with van der Waals surface area (Å²) < 4.78 is 5.49. The molecule has 0 aliphatic carbocycles. The molecule has 0 aromatic heterocycles. The molecule has 0 saturated carbocycles. The first-order valence-corrected chi connectivity index (χ1v) is 4.92. The van der Waals surface area contributed by atoms with Crippen LogP contribution in [0.25, 0.3) is 0 Å². The molecule has 1 N–H and O–H groups in total. The van der Waals surface area contributed by atoms with Crippen LogP contribution in [0.1, 0.15) is 20.8 Å². The van der Waals surface area contributed by atoms with Crippen LogP contribution in [-0.4, -0.2) is 36.5 Å². The molecule has 2 rings (SSSR count). The Morgan fingerprint density at radius 3 is 2.77 bits per heavy atom. The molecule has 0 spiro atoms. The number of amidine groups is 1. The fourth-order valence-corrected chi connectivity index (χ4v) is 2.64. The number of likely N-dealkylation sites (tertiary alicyclic amines) is 1. The van der Waals surface area contributed by atoms with Crippen molar-refractivity contribution in [2.24, 2.45) is 11.3 Å². The molecule has 0 bridgehead atoms. The van der Waals surface area contributed by atoms with E-state index in [-0.39, 0.29) is 0 Å². The van der Waals surface area contributed by atoms with Crippen molar-refractivity contribution in [3.63, 3.8) is 0 Å². The molecule has 2 aliphatic rings. The molecule has 0 aromatic rings. The van der Waals surface area contributed by atoms with E-state index in [2.05, 4.69) is 18.7 Å². The van der Waals surface area contributed by atoms with Gasteiger partial charge in [-0.05, 0) is 12.3 Å². The van der Waals surface area contributed by atoms with Crippen molar-refractivity contribution in [2.45, 2.75) is 26.8 Å². The maximum atomic E-state index is 7.69. The Hall–Kier alpha value is -0.570. The summed E-state index contributed by atoms with van der Waals surface area (Å²) in [7, 11) is 0. The van der Waals surface area contributed by atoms with Crippen LogP contribution in [0.5, 0.6) is 0 Å². The van der Waals surface area contributed by atoms with Gasteiger partial charge in [-0.25, -0.2) is 0 Å². The number of rotatable bonds is 0. The zero-order valence-corrected chi connectivity index (χ0v) is 8.63. The van der Waals surface area contributed by atoms with Gasteiger partial charge in [-0.15, -0.1) is 0 Å². The summed E-state index contributed by atoms with van der Waals surface area (Å²) in [6.07, 6.45) is 0. The molecule has 13 heavy (non-hydrogen) atoms. The van der Waals surface area contributed by atoms with E-state index in [1.807, 2.05) is 6.92 Å². The maximum Gasteiger partial charge on any atom is 0.0929 e. The molecular weight excluding hydrogens is 164 g/mol. The summed E-state index contributed by atoms with van der Waals surface area (Å²) >= 11 is 0. The maximum absolute atomic E-state index is 7.69. The highest BCUT2D eigenvalue weighted by Crippen LogP contribution is 2.42. The van der Waals surface area contributed by atoms with E-state index in [4.69, 9.17) is 10.1 Å². The van der Waals surface area contributed by atoms with Gasteiger partial charge in [-0.2, -0.15) is 0 Å². The minimum Gasteiger partial charge on any atom is -0.379 e. The topological polar surface area (TPSA) is 36.3 Å². The van der Waals surface area contributed by atoms with Gasteiger partial charge in [0.1, 0.15) is 0 Å². The van der Waals surface area contributed by atoms with Gasteiger partial charge in [0, 0.05) is 12.5 Å². The second kappa shape index (κ2) is 2.71. The highest BCUT2D eigenvalue weighted by atomic mass is 16.5. The number of ether oxygens (including phenoxy) is 1. The quantitative estimate of drug-likeness (QED) is 0.453. The highest BCUT2D eigenvalue weighted by molar-refractivity contribution is 5.77. The molecule has 0 radical (unpaired) electrons. The van der Waals surface area contributed by atoms with E-state index in [1.165, 1.54) is 0 Å². The number of hydrogen-bond acceptors (Lipinski definition) is 2. The standard InChI is InChI=1S/C10H18N2O/c1-7(11)12-6-10(2,3)8-4-13-5-9(8)12/h8-9,11H,4-6H2,1-3H3. The SMILES string of the molecule is CC(=N)N1CC(C)(C)C2COCC21. The van der Waals surface area contributed by atoms with Crippen LogP contribution in [0, 0.1) is 16.7 Å². The van der Waals surface area contributed by atoms with Crippen LogP contribution in [0.4, 0.5) is 0 Å². The fourth-order valence-electron chi connectivity index (χ4n) is 2.64. The molecule has 2 atom stereocenters. The van der Waals surface area contributed by atoms with E-state index in [1.54, 1.807) is 0 Å². The zero-order valence-electron chi connectivity index (χ0n) is 8.63. The van der Waals surface area contributed by atoms with E-state index < -0.39 is 0 Å². The van der Waals surface area contributed by atoms with Crippen LogP contribution >= 0.6 is 0 Å². The van der Waals surface area contributed by atoms with Gasteiger partial charge < -0.3 is 9.64 Å². The predicted octanol–water partition coefficient (Wildman–Crippen LogP) is 1.34. The third kappa shape index (κ3) is 1.26.